The molecule has 2 aliphatic heterocycles. The summed E-state index contributed by atoms with van der Waals surface area (Å²) in [6.07, 6.45) is -0.559. The summed E-state index contributed by atoms with van der Waals surface area (Å²) >= 11 is 1.32. The van der Waals surface area contributed by atoms with Crippen LogP contribution in [0.3, 0.4) is 0 Å². The monoisotopic (exact) mass is 569 g/mol. The smallest absolute Gasteiger partial charge is 0.416 e. The number of rotatable bonds is 6. The highest BCUT2D eigenvalue weighted by Crippen LogP contribution is 2.33. The largest absolute Gasteiger partial charge is 0.492 e. The summed E-state index contributed by atoms with van der Waals surface area (Å²) in [4.78, 5) is 31.7. The Bertz CT molecular complexity index is 1260. The highest BCUT2D eigenvalue weighted by molar-refractivity contribution is 7.09. The van der Waals surface area contributed by atoms with E-state index in [2.05, 4.69) is 4.99 Å². The van der Waals surface area contributed by atoms with Crippen molar-refractivity contribution in [2.75, 3.05) is 26.3 Å². The molecule has 4 rings (SSSR count). The van der Waals surface area contributed by atoms with Crippen LogP contribution in [0.25, 0.3) is 0 Å². The molecule has 2 amide bonds. The van der Waals surface area contributed by atoms with Gasteiger partial charge in [-0.05, 0) is 49.3 Å². The van der Waals surface area contributed by atoms with Gasteiger partial charge in [-0.25, -0.2) is 4.79 Å². The van der Waals surface area contributed by atoms with Crippen molar-refractivity contribution in [2.45, 2.75) is 70.7 Å². The maximum absolute atomic E-state index is 13.6. The molecule has 214 valence electrons. The van der Waals surface area contributed by atoms with E-state index in [9.17, 15) is 27.9 Å². The van der Waals surface area contributed by atoms with E-state index in [1.807, 2.05) is 31.5 Å². The van der Waals surface area contributed by atoms with E-state index >= 15 is 0 Å². The summed E-state index contributed by atoms with van der Waals surface area (Å²) in [5.41, 5.74) is -1.48. The minimum Gasteiger partial charge on any atom is -0.492 e. The van der Waals surface area contributed by atoms with Crippen LogP contribution in [0.2, 0.25) is 0 Å². The number of carbonyl (C=O) groups excluding carboxylic acids is 1. The van der Waals surface area contributed by atoms with E-state index in [4.69, 9.17) is 9.47 Å². The summed E-state index contributed by atoms with van der Waals surface area (Å²) in [6.45, 7) is 8.04. The Morgan fingerprint density at radius 3 is 2.62 bits per heavy atom. The molecule has 2 fully saturated rings. The minimum absolute atomic E-state index is 0.0116. The summed E-state index contributed by atoms with van der Waals surface area (Å²) in [6, 6.07) is 2.78. The first-order chi connectivity index (χ1) is 18.3. The Balaban J connectivity index is 1.65. The average molecular weight is 570 g/mol. The quantitative estimate of drug-likeness (QED) is 0.492. The number of nitrogens with zero attached hydrogens (tertiary/aromatic N) is 3. The van der Waals surface area contributed by atoms with Crippen LogP contribution in [0.1, 0.15) is 67.3 Å². The van der Waals surface area contributed by atoms with Crippen molar-refractivity contribution in [3.63, 3.8) is 0 Å². The molecule has 39 heavy (non-hydrogen) atoms. The standard InChI is InChI=1S/C27H34F3N3O5S/c1-26(2,3)22-15-33(14-19-7-5-11-37-19)24(39-22)31-23(34)20-12-18(27(28,29)30)8-9-21(20)38-16-17-6-4-10-32(13-17)25(35)36/h8-9,12,15,17,19H,4-7,10-11,13-14,16H2,1-3H3,(H,35,36)/b31-24-/t17-,19-/m1/s1. The van der Waals surface area contributed by atoms with Gasteiger partial charge in [-0.2, -0.15) is 18.2 Å². The molecule has 0 saturated carbocycles. The SMILES string of the molecule is CC(C)(C)c1cn(C[C@H]2CCCO2)/c(=N/C(=O)c2cc(C(F)(F)F)ccc2OC[C@@H]2CCCN(C(=O)O)C2)s1. The molecule has 12 heteroatoms. The number of thiazole rings is 1. The van der Waals surface area contributed by atoms with Gasteiger partial charge in [0.1, 0.15) is 5.75 Å². The molecule has 1 aromatic carbocycles. The fourth-order valence-corrected chi connectivity index (χ4v) is 5.74. The van der Waals surface area contributed by atoms with Gasteiger partial charge in [-0.15, -0.1) is 11.3 Å². The summed E-state index contributed by atoms with van der Waals surface area (Å²) in [5.74, 6) is -0.991. The number of alkyl halides is 3. The van der Waals surface area contributed by atoms with Crippen LogP contribution < -0.4 is 9.54 Å². The van der Waals surface area contributed by atoms with Gasteiger partial charge in [0.15, 0.2) is 4.80 Å². The number of carbonyl (C=O) groups is 2. The second-order valence-electron chi connectivity index (χ2n) is 11.1. The molecule has 0 bridgehead atoms. The Labute approximate surface area is 229 Å². The Hall–Kier alpha value is -2.86. The number of benzene rings is 1. The lowest BCUT2D eigenvalue weighted by molar-refractivity contribution is -0.137. The Kier molecular flexibility index (Phi) is 8.75. The number of aromatic nitrogens is 1. The lowest BCUT2D eigenvalue weighted by atomic mass is 9.95. The van der Waals surface area contributed by atoms with Crippen LogP contribution in [0, 0.1) is 5.92 Å². The van der Waals surface area contributed by atoms with Crippen molar-refractivity contribution < 1.29 is 37.3 Å². The van der Waals surface area contributed by atoms with E-state index in [-0.39, 0.29) is 41.9 Å². The van der Waals surface area contributed by atoms with Crippen LogP contribution in [0.4, 0.5) is 18.0 Å². The van der Waals surface area contributed by atoms with Gasteiger partial charge in [0.25, 0.3) is 5.91 Å². The number of hydrogen-bond acceptors (Lipinski definition) is 5. The van der Waals surface area contributed by atoms with Crippen LogP contribution >= 0.6 is 11.3 Å². The number of hydrogen-bond donors (Lipinski definition) is 1. The third-order valence-electron chi connectivity index (χ3n) is 6.88. The summed E-state index contributed by atoms with van der Waals surface area (Å²) in [7, 11) is 0. The average Bonchev–Trinajstić information content (AvgIpc) is 3.52. The third kappa shape index (κ3) is 7.42. The van der Waals surface area contributed by atoms with Gasteiger partial charge in [0, 0.05) is 36.7 Å². The number of amides is 2. The van der Waals surface area contributed by atoms with Crippen molar-refractivity contribution in [1.29, 1.82) is 0 Å². The van der Waals surface area contributed by atoms with Gasteiger partial charge in [-0.1, -0.05) is 20.8 Å². The van der Waals surface area contributed by atoms with Gasteiger partial charge < -0.3 is 24.0 Å². The zero-order valence-corrected chi connectivity index (χ0v) is 23.1. The van der Waals surface area contributed by atoms with Crippen molar-refractivity contribution in [3.8, 4) is 5.75 Å². The third-order valence-corrected chi connectivity index (χ3v) is 8.33. The number of piperidine rings is 1. The highest BCUT2D eigenvalue weighted by atomic mass is 32.1. The molecule has 1 aromatic heterocycles. The second kappa shape index (κ2) is 11.7. The van der Waals surface area contributed by atoms with Gasteiger partial charge >= 0.3 is 12.3 Å². The second-order valence-corrected chi connectivity index (χ2v) is 12.1. The Morgan fingerprint density at radius 2 is 1.97 bits per heavy atom. The lowest BCUT2D eigenvalue weighted by Gasteiger charge is -2.30. The molecule has 0 aliphatic carbocycles. The van der Waals surface area contributed by atoms with E-state index < -0.39 is 23.7 Å². The van der Waals surface area contributed by atoms with Crippen LogP contribution in [-0.4, -0.2) is 59.0 Å². The van der Waals surface area contributed by atoms with Gasteiger partial charge in [-0.3, -0.25) is 4.79 Å². The molecule has 2 aromatic rings. The maximum atomic E-state index is 13.6. The number of ether oxygens (including phenoxy) is 2. The van der Waals surface area contributed by atoms with Crippen molar-refractivity contribution in [2.24, 2.45) is 10.9 Å². The predicted octanol–water partition coefficient (Wildman–Crippen LogP) is 5.55. The van der Waals surface area contributed by atoms with Crippen molar-refractivity contribution in [1.82, 2.24) is 9.47 Å². The molecule has 0 radical (unpaired) electrons. The van der Waals surface area contributed by atoms with Crippen LogP contribution in [0.5, 0.6) is 5.75 Å². The predicted molar refractivity (Wildman–Crippen MR) is 139 cm³/mol. The van der Waals surface area contributed by atoms with Crippen molar-refractivity contribution in [3.05, 3.63) is 45.2 Å². The number of likely N-dealkylation sites (tertiary alicyclic amines) is 1. The van der Waals surface area contributed by atoms with E-state index in [0.29, 0.717) is 37.3 Å². The first-order valence-corrected chi connectivity index (χ1v) is 13.9. The molecular weight excluding hydrogens is 535 g/mol. The fraction of sp³-hybridized carbons (Fsp3) is 0.593. The first kappa shape index (κ1) is 29.1. The van der Waals surface area contributed by atoms with Crippen molar-refractivity contribution >= 4 is 23.3 Å². The van der Waals surface area contributed by atoms with E-state index in [1.54, 1.807) is 0 Å². The molecule has 1 N–H and O–H groups in total. The normalized spacial score (nSPS) is 20.9. The molecule has 2 atom stereocenters. The summed E-state index contributed by atoms with van der Waals surface area (Å²) in [5, 5.41) is 9.28. The fourth-order valence-electron chi connectivity index (χ4n) is 4.68. The van der Waals surface area contributed by atoms with Crippen LogP contribution in [-0.2, 0) is 22.9 Å². The first-order valence-electron chi connectivity index (χ1n) is 13.0. The number of halogens is 3. The Morgan fingerprint density at radius 1 is 1.21 bits per heavy atom. The van der Waals surface area contributed by atoms with Gasteiger partial charge in [0.05, 0.1) is 30.4 Å². The van der Waals surface area contributed by atoms with E-state index in [0.717, 1.165) is 35.9 Å². The molecule has 0 unspecified atom stereocenters. The molecule has 8 nitrogen and oxygen atoms in total. The zero-order chi connectivity index (χ0) is 28.4. The van der Waals surface area contributed by atoms with Gasteiger partial charge in [0.2, 0.25) is 0 Å². The summed E-state index contributed by atoms with van der Waals surface area (Å²) < 4.78 is 54.1. The maximum Gasteiger partial charge on any atom is 0.416 e. The van der Waals surface area contributed by atoms with E-state index in [1.165, 1.54) is 16.2 Å². The topological polar surface area (TPSA) is 93.4 Å². The number of carboxylic acid groups (broad SMARTS) is 1. The minimum atomic E-state index is -4.65. The molecule has 3 heterocycles. The molecule has 2 saturated heterocycles. The molecular formula is C27H34F3N3O5S. The zero-order valence-electron chi connectivity index (χ0n) is 22.3. The lowest BCUT2D eigenvalue weighted by Crippen LogP contribution is -2.40. The molecule has 2 aliphatic rings. The molecule has 0 spiro atoms. The highest BCUT2D eigenvalue weighted by Gasteiger charge is 2.33. The van der Waals surface area contributed by atoms with Crippen LogP contribution in [0.15, 0.2) is 29.4 Å².